The van der Waals surface area contributed by atoms with E-state index in [1.165, 1.54) is 0 Å². The number of aliphatic imine (C=N–C) groups is 1. The zero-order valence-electron chi connectivity index (χ0n) is 19.7. The number of aliphatic hydroxyl groups excluding tert-OH is 1. The molecule has 0 aliphatic carbocycles. The number of halogens is 1. The second-order valence-corrected chi connectivity index (χ2v) is 9.30. The highest BCUT2D eigenvalue weighted by atomic mass is 79.9. The first kappa shape index (κ1) is 26.6. The number of carbonyl (C=O) groups is 2. The molecule has 0 spiro atoms. The van der Waals surface area contributed by atoms with Gasteiger partial charge in [0.05, 0.1) is 18.6 Å². The standard InChI is InChI=1S/C26H26BrNO6S/c1-4-9-22(29)28-25-23(26(31)33-5-2)24(30)21(35-25)13-17-12-19(32-3)20(14-18(17)27)34-15-16-10-7-6-8-11-16/h6-8,10-14,30H,4-5,9,15H2,1-3H3/b21-13-,28-25?. The smallest absolute Gasteiger partial charge is 0.344 e. The lowest BCUT2D eigenvalue weighted by atomic mass is 10.1. The first-order chi connectivity index (χ1) is 16.9. The van der Waals surface area contributed by atoms with Gasteiger partial charge in [0.1, 0.15) is 23.0 Å². The largest absolute Gasteiger partial charge is 0.506 e. The van der Waals surface area contributed by atoms with Crippen LogP contribution in [-0.4, -0.2) is 35.7 Å². The fraction of sp³-hybridized carbons (Fsp3) is 0.269. The highest BCUT2D eigenvalue weighted by Gasteiger charge is 2.34. The maximum Gasteiger partial charge on any atom is 0.344 e. The minimum atomic E-state index is -0.731. The van der Waals surface area contributed by atoms with Gasteiger partial charge in [-0.1, -0.05) is 64.9 Å². The number of aliphatic hydroxyl groups is 1. The molecule has 184 valence electrons. The van der Waals surface area contributed by atoms with Gasteiger partial charge in [-0.05, 0) is 42.7 Å². The topological polar surface area (TPSA) is 94.4 Å². The van der Waals surface area contributed by atoms with Crippen molar-refractivity contribution in [2.75, 3.05) is 13.7 Å². The van der Waals surface area contributed by atoms with E-state index in [9.17, 15) is 14.7 Å². The quantitative estimate of drug-likeness (QED) is 0.364. The lowest BCUT2D eigenvalue weighted by Crippen LogP contribution is -2.14. The highest BCUT2D eigenvalue weighted by molar-refractivity contribution is 9.10. The molecule has 2 aromatic carbocycles. The van der Waals surface area contributed by atoms with Crippen LogP contribution in [0, 0.1) is 0 Å². The van der Waals surface area contributed by atoms with Gasteiger partial charge in [-0.2, -0.15) is 0 Å². The second-order valence-electron chi connectivity index (χ2n) is 7.41. The van der Waals surface area contributed by atoms with Crippen LogP contribution in [0.2, 0.25) is 0 Å². The summed E-state index contributed by atoms with van der Waals surface area (Å²) in [6, 6.07) is 13.3. The molecular weight excluding hydrogens is 534 g/mol. The number of rotatable bonds is 9. The minimum Gasteiger partial charge on any atom is -0.506 e. The zero-order chi connectivity index (χ0) is 25.4. The summed E-state index contributed by atoms with van der Waals surface area (Å²) in [5.41, 5.74) is 1.58. The van der Waals surface area contributed by atoms with Crippen molar-refractivity contribution in [2.24, 2.45) is 4.99 Å². The van der Waals surface area contributed by atoms with Crippen molar-refractivity contribution in [1.29, 1.82) is 0 Å². The van der Waals surface area contributed by atoms with Gasteiger partial charge in [0, 0.05) is 10.9 Å². The summed E-state index contributed by atoms with van der Waals surface area (Å²) in [4.78, 5) is 29.0. The third kappa shape index (κ3) is 6.76. The van der Waals surface area contributed by atoms with Crippen molar-refractivity contribution in [3.63, 3.8) is 0 Å². The normalized spacial score (nSPS) is 15.5. The lowest BCUT2D eigenvalue weighted by molar-refractivity contribution is -0.138. The molecule has 1 amide bonds. The first-order valence-electron chi connectivity index (χ1n) is 11.0. The summed E-state index contributed by atoms with van der Waals surface area (Å²) < 4.78 is 17.2. The van der Waals surface area contributed by atoms with Crippen molar-refractivity contribution in [1.82, 2.24) is 0 Å². The molecular formula is C26H26BrNO6S. The predicted octanol–water partition coefficient (Wildman–Crippen LogP) is 6.22. The number of thioether (sulfide) groups is 1. The fourth-order valence-corrected chi connectivity index (χ4v) is 4.64. The molecule has 1 N–H and O–H groups in total. The summed E-state index contributed by atoms with van der Waals surface area (Å²) in [6.45, 7) is 4.03. The van der Waals surface area contributed by atoms with E-state index >= 15 is 0 Å². The van der Waals surface area contributed by atoms with Gasteiger partial charge < -0.3 is 19.3 Å². The lowest BCUT2D eigenvalue weighted by Gasteiger charge is -2.13. The van der Waals surface area contributed by atoms with E-state index in [4.69, 9.17) is 14.2 Å². The van der Waals surface area contributed by atoms with E-state index in [0.29, 0.717) is 39.5 Å². The first-order valence-corrected chi connectivity index (χ1v) is 12.6. The average Bonchev–Trinajstić information content (AvgIpc) is 3.14. The fourth-order valence-electron chi connectivity index (χ4n) is 3.19. The third-order valence-corrected chi connectivity index (χ3v) is 6.57. The van der Waals surface area contributed by atoms with Gasteiger partial charge in [-0.25, -0.2) is 9.79 Å². The van der Waals surface area contributed by atoms with Gasteiger partial charge in [-0.3, -0.25) is 4.79 Å². The van der Waals surface area contributed by atoms with Crippen LogP contribution < -0.4 is 9.47 Å². The summed E-state index contributed by atoms with van der Waals surface area (Å²) >= 11 is 4.58. The van der Waals surface area contributed by atoms with Gasteiger partial charge in [0.15, 0.2) is 11.5 Å². The Morgan fingerprint density at radius 1 is 1.14 bits per heavy atom. The number of nitrogens with zero attached hydrogens (tertiary/aromatic N) is 1. The Labute approximate surface area is 217 Å². The molecule has 0 fully saturated rings. The van der Waals surface area contributed by atoms with E-state index in [1.807, 2.05) is 37.3 Å². The number of esters is 1. The molecule has 35 heavy (non-hydrogen) atoms. The van der Waals surface area contributed by atoms with Crippen LogP contribution in [0.25, 0.3) is 6.08 Å². The van der Waals surface area contributed by atoms with Crippen LogP contribution in [0.1, 0.15) is 37.8 Å². The number of methoxy groups -OCH3 is 1. The van der Waals surface area contributed by atoms with Crippen molar-refractivity contribution in [3.8, 4) is 11.5 Å². The van der Waals surface area contributed by atoms with Gasteiger partial charge in [0.2, 0.25) is 5.91 Å². The van der Waals surface area contributed by atoms with Crippen molar-refractivity contribution in [3.05, 3.63) is 74.3 Å². The van der Waals surface area contributed by atoms with Crippen LogP contribution in [0.5, 0.6) is 11.5 Å². The monoisotopic (exact) mass is 559 g/mol. The van der Waals surface area contributed by atoms with Crippen LogP contribution in [0.15, 0.2) is 68.2 Å². The molecule has 0 aromatic heterocycles. The van der Waals surface area contributed by atoms with Gasteiger partial charge >= 0.3 is 5.97 Å². The number of carbonyl (C=O) groups excluding carboxylic acids is 2. The second kappa shape index (κ2) is 12.6. The molecule has 0 bridgehead atoms. The number of hydrogen-bond donors (Lipinski definition) is 1. The number of benzene rings is 2. The summed E-state index contributed by atoms with van der Waals surface area (Å²) in [6.07, 6.45) is 2.55. The SMILES string of the molecule is CCCC(=O)N=C1S/C(=C\c2cc(OC)c(OCc3ccccc3)cc2Br)C(O)=C1C(=O)OCC. The van der Waals surface area contributed by atoms with E-state index in [2.05, 4.69) is 20.9 Å². The number of ether oxygens (including phenoxy) is 3. The van der Waals surface area contributed by atoms with E-state index in [-0.39, 0.29) is 35.3 Å². The van der Waals surface area contributed by atoms with E-state index in [1.54, 1.807) is 32.2 Å². The molecule has 0 radical (unpaired) electrons. The van der Waals surface area contributed by atoms with E-state index < -0.39 is 5.97 Å². The average molecular weight is 560 g/mol. The Morgan fingerprint density at radius 3 is 2.54 bits per heavy atom. The maximum absolute atomic E-state index is 12.5. The van der Waals surface area contributed by atoms with E-state index in [0.717, 1.165) is 17.3 Å². The zero-order valence-corrected chi connectivity index (χ0v) is 22.1. The van der Waals surface area contributed by atoms with Crippen LogP contribution in [-0.2, 0) is 20.9 Å². The Kier molecular flexibility index (Phi) is 9.56. The Hall–Kier alpha value is -3.04. The minimum absolute atomic E-state index is 0.113. The third-order valence-electron chi connectivity index (χ3n) is 4.87. The Morgan fingerprint density at radius 2 is 1.89 bits per heavy atom. The van der Waals surface area contributed by atoms with Crippen LogP contribution >= 0.6 is 27.7 Å². The molecule has 7 nitrogen and oxygen atoms in total. The van der Waals surface area contributed by atoms with Gasteiger partial charge in [-0.15, -0.1) is 0 Å². The van der Waals surface area contributed by atoms with Crippen molar-refractivity contribution in [2.45, 2.75) is 33.3 Å². The Bertz CT molecular complexity index is 1190. The van der Waals surface area contributed by atoms with Crippen LogP contribution in [0.4, 0.5) is 0 Å². The molecule has 0 saturated carbocycles. The number of amides is 1. The molecule has 0 unspecified atom stereocenters. The predicted molar refractivity (Wildman–Crippen MR) is 141 cm³/mol. The van der Waals surface area contributed by atoms with Crippen LogP contribution in [0.3, 0.4) is 0 Å². The molecule has 1 aliphatic heterocycles. The molecule has 0 saturated heterocycles. The van der Waals surface area contributed by atoms with Crippen molar-refractivity contribution < 1.29 is 28.9 Å². The van der Waals surface area contributed by atoms with Gasteiger partial charge in [0.25, 0.3) is 0 Å². The molecule has 9 heteroatoms. The molecule has 3 rings (SSSR count). The molecule has 2 aromatic rings. The summed E-state index contributed by atoms with van der Waals surface area (Å²) in [7, 11) is 1.54. The number of hydrogen-bond acceptors (Lipinski definition) is 7. The molecule has 1 heterocycles. The van der Waals surface area contributed by atoms with Crippen molar-refractivity contribution >= 4 is 50.7 Å². The summed E-state index contributed by atoms with van der Waals surface area (Å²) in [5, 5.41) is 11.0. The Balaban J connectivity index is 1.94. The maximum atomic E-state index is 12.5. The molecule has 0 atom stereocenters. The highest BCUT2D eigenvalue weighted by Crippen LogP contribution is 2.42. The molecule has 1 aliphatic rings. The summed E-state index contributed by atoms with van der Waals surface area (Å²) in [5.74, 6) is -0.338.